The highest BCUT2D eigenvalue weighted by atomic mass is 16.5. The maximum absolute atomic E-state index is 13.4. The minimum atomic E-state index is -0.311. The molecule has 0 radical (unpaired) electrons. The fraction of sp³-hybridized carbons (Fsp3) is 0.692. The van der Waals surface area contributed by atoms with Gasteiger partial charge in [0.15, 0.2) is 0 Å². The number of hydrogen-bond acceptors (Lipinski definition) is 4. The third-order valence-corrected chi connectivity index (χ3v) is 8.72. The molecule has 0 bridgehead atoms. The van der Waals surface area contributed by atoms with Crippen molar-refractivity contribution < 1.29 is 14.3 Å². The van der Waals surface area contributed by atoms with E-state index in [0.29, 0.717) is 11.9 Å². The van der Waals surface area contributed by atoms with Crippen LogP contribution in [0.4, 0.5) is 0 Å². The van der Waals surface area contributed by atoms with Gasteiger partial charge in [0.2, 0.25) is 11.8 Å². The van der Waals surface area contributed by atoms with Gasteiger partial charge in [-0.2, -0.15) is 0 Å². The molecular weight excluding hydrogens is 402 g/mol. The van der Waals surface area contributed by atoms with Crippen LogP contribution in [-0.2, 0) is 15.0 Å². The van der Waals surface area contributed by atoms with Crippen LogP contribution < -0.4 is 10.5 Å². The van der Waals surface area contributed by atoms with Crippen LogP contribution >= 0.6 is 0 Å². The lowest BCUT2D eigenvalue weighted by Crippen LogP contribution is -2.54. The molecular formula is C26H37N3O3. The fourth-order valence-corrected chi connectivity index (χ4v) is 6.14. The zero-order valence-corrected chi connectivity index (χ0v) is 19.4. The molecule has 0 atom stereocenters. The second kappa shape index (κ2) is 8.36. The molecule has 1 aromatic rings. The molecule has 2 saturated heterocycles. The molecule has 0 aromatic heterocycles. The van der Waals surface area contributed by atoms with Gasteiger partial charge in [-0.1, -0.05) is 25.0 Å². The predicted molar refractivity (Wildman–Crippen MR) is 123 cm³/mol. The van der Waals surface area contributed by atoms with Crippen LogP contribution in [0.15, 0.2) is 24.3 Å². The summed E-state index contributed by atoms with van der Waals surface area (Å²) in [5.74, 6) is 1.77. The summed E-state index contributed by atoms with van der Waals surface area (Å²) in [4.78, 5) is 30.3. The molecule has 174 valence electrons. The van der Waals surface area contributed by atoms with Crippen LogP contribution in [0.2, 0.25) is 0 Å². The largest absolute Gasteiger partial charge is 0.497 e. The third kappa shape index (κ3) is 4.02. The lowest BCUT2D eigenvalue weighted by molar-refractivity contribution is -0.137. The van der Waals surface area contributed by atoms with Crippen LogP contribution in [0.5, 0.6) is 5.75 Å². The van der Waals surface area contributed by atoms with Crippen molar-refractivity contribution in [2.75, 3.05) is 33.3 Å². The van der Waals surface area contributed by atoms with E-state index in [0.717, 1.165) is 88.4 Å². The van der Waals surface area contributed by atoms with Crippen LogP contribution in [0.1, 0.15) is 63.4 Å². The maximum Gasteiger partial charge on any atom is 0.233 e. The number of likely N-dealkylation sites (tertiary alicyclic amines) is 2. The first-order valence-corrected chi connectivity index (χ1v) is 12.4. The first kappa shape index (κ1) is 21.7. The number of nitrogens with zero attached hydrogens (tertiary/aromatic N) is 2. The molecule has 2 amide bonds. The van der Waals surface area contributed by atoms with Gasteiger partial charge >= 0.3 is 0 Å². The summed E-state index contributed by atoms with van der Waals surface area (Å²) in [6, 6.07) is 8.54. The summed E-state index contributed by atoms with van der Waals surface area (Å²) < 4.78 is 5.27. The summed E-state index contributed by atoms with van der Waals surface area (Å²) in [5, 5.41) is 0. The van der Waals surface area contributed by atoms with E-state index in [1.807, 2.05) is 12.1 Å². The van der Waals surface area contributed by atoms with E-state index in [9.17, 15) is 9.59 Å². The highest BCUT2D eigenvalue weighted by Gasteiger charge is 2.53. The van der Waals surface area contributed by atoms with Gasteiger partial charge < -0.3 is 20.3 Å². The van der Waals surface area contributed by atoms with Crippen molar-refractivity contribution in [3.8, 4) is 5.75 Å². The second-order valence-corrected chi connectivity index (χ2v) is 10.7. The number of ether oxygens (including phenoxy) is 1. The van der Waals surface area contributed by atoms with Gasteiger partial charge in [-0.3, -0.25) is 9.59 Å². The molecule has 2 saturated carbocycles. The zero-order valence-electron chi connectivity index (χ0n) is 19.4. The average Bonchev–Trinajstić information content (AvgIpc) is 3.75. The van der Waals surface area contributed by atoms with Crippen LogP contribution in [0.3, 0.4) is 0 Å². The van der Waals surface area contributed by atoms with Crippen molar-refractivity contribution in [3.05, 3.63) is 29.8 Å². The fourth-order valence-electron chi connectivity index (χ4n) is 6.14. The van der Waals surface area contributed by atoms with Crippen molar-refractivity contribution in [1.29, 1.82) is 0 Å². The number of amides is 2. The minimum Gasteiger partial charge on any atom is -0.497 e. The van der Waals surface area contributed by atoms with Gasteiger partial charge in [0.05, 0.1) is 17.9 Å². The number of hydrogen-bond donors (Lipinski definition) is 1. The summed E-state index contributed by atoms with van der Waals surface area (Å²) in [6.45, 7) is 3.59. The van der Waals surface area contributed by atoms with Gasteiger partial charge in [0.25, 0.3) is 0 Å². The van der Waals surface area contributed by atoms with E-state index in [4.69, 9.17) is 10.5 Å². The summed E-state index contributed by atoms with van der Waals surface area (Å²) in [7, 11) is 1.67. The van der Waals surface area contributed by atoms with Crippen LogP contribution in [0.25, 0.3) is 0 Å². The van der Waals surface area contributed by atoms with Gasteiger partial charge in [0.1, 0.15) is 5.75 Å². The van der Waals surface area contributed by atoms with Gasteiger partial charge in [-0.05, 0) is 81.6 Å². The Morgan fingerprint density at radius 3 is 2.09 bits per heavy atom. The zero-order chi connectivity index (χ0) is 22.3. The number of benzene rings is 1. The lowest BCUT2D eigenvalue weighted by Gasteiger charge is -2.45. The lowest BCUT2D eigenvalue weighted by atomic mass is 9.73. The number of rotatable bonds is 7. The molecule has 4 fully saturated rings. The monoisotopic (exact) mass is 439 g/mol. The van der Waals surface area contributed by atoms with Crippen molar-refractivity contribution in [2.24, 2.45) is 17.1 Å². The maximum atomic E-state index is 13.4. The highest BCUT2D eigenvalue weighted by molar-refractivity contribution is 5.91. The van der Waals surface area contributed by atoms with E-state index in [1.54, 1.807) is 7.11 Å². The summed E-state index contributed by atoms with van der Waals surface area (Å²) in [6.07, 6.45) is 9.27. The quantitative estimate of drug-likeness (QED) is 0.708. The molecule has 6 heteroatoms. The van der Waals surface area contributed by atoms with E-state index >= 15 is 0 Å². The molecule has 5 rings (SSSR count). The van der Waals surface area contributed by atoms with Crippen molar-refractivity contribution in [1.82, 2.24) is 9.80 Å². The number of piperidine rings is 2. The molecule has 1 aromatic carbocycles. The van der Waals surface area contributed by atoms with Gasteiger partial charge in [-0.25, -0.2) is 0 Å². The standard InChI is InChI=1S/C26H37N3O3/c1-32-22-6-4-20(5-7-22)26(10-11-26)24(31)29-14-8-21(9-15-29)28-16-12-25(13-17-28,23(27)30)18-19-2-3-19/h4-7,19,21H,2-3,8-18H2,1H3,(H2,27,30). The van der Waals surface area contributed by atoms with E-state index in [1.165, 1.54) is 12.8 Å². The number of carbonyl (C=O) groups excluding carboxylic acids is 2. The second-order valence-electron chi connectivity index (χ2n) is 10.7. The number of carbonyl (C=O) groups is 2. The normalized spacial score (nSPS) is 25.3. The topological polar surface area (TPSA) is 75.9 Å². The Kier molecular flexibility index (Phi) is 5.68. The molecule has 6 nitrogen and oxygen atoms in total. The molecule has 32 heavy (non-hydrogen) atoms. The summed E-state index contributed by atoms with van der Waals surface area (Å²) in [5.41, 5.74) is 6.40. The summed E-state index contributed by atoms with van der Waals surface area (Å²) >= 11 is 0. The van der Waals surface area contributed by atoms with Gasteiger partial charge in [-0.15, -0.1) is 0 Å². The van der Waals surface area contributed by atoms with Gasteiger partial charge in [0, 0.05) is 19.1 Å². The molecule has 2 aliphatic heterocycles. The average molecular weight is 440 g/mol. The molecule has 4 aliphatic rings. The van der Waals surface area contributed by atoms with Crippen molar-refractivity contribution in [2.45, 2.75) is 69.2 Å². The van der Waals surface area contributed by atoms with E-state index < -0.39 is 0 Å². The Morgan fingerprint density at radius 1 is 0.969 bits per heavy atom. The Bertz CT molecular complexity index is 844. The number of nitrogens with two attached hydrogens (primary N) is 1. The van der Waals surface area contributed by atoms with Crippen molar-refractivity contribution >= 4 is 11.8 Å². The SMILES string of the molecule is COc1ccc(C2(C(=O)N3CCC(N4CCC(CC5CC5)(C(N)=O)CC4)CC3)CC2)cc1. The Labute approximate surface area is 191 Å². The van der Waals surface area contributed by atoms with Crippen LogP contribution in [-0.4, -0.2) is 60.9 Å². The molecule has 2 aliphatic carbocycles. The smallest absolute Gasteiger partial charge is 0.233 e. The first-order chi connectivity index (χ1) is 15.5. The Balaban J connectivity index is 1.15. The van der Waals surface area contributed by atoms with Crippen LogP contribution in [0, 0.1) is 11.3 Å². The first-order valence-electron chi connectivity index (χ1n) is 12.4. The molecule has 2 N–H and O–H groups in total. The molecule has 0 spiro atoms. The number of methoxy groups -OCH3 is 1. The Morgan fingerprint density at radius 2 is 1.59 bits per heavy atom. The molecule has 0 unspecified atom stereocenters. The third-order valence-electron chi connectivity index (χ3n) is 8.72. The number of primary amides is 1. The predicted octanol–water partition coefficient (Wildman–Crippen LogP) is 3.09. The Hall–Kier alpha value is -2.08. The highest BCUT2D eigenvalue weighted by Crippen LogP contribution is 2.50. The van der Waals surface area contributed by atoms with E-state index in [-0.39, 0.29) is 16.7 Å². The molecule has 2 heterocycles. The minimum absolute atomic E-state index is 0.0854. The van der Waals surface area contributed by atoms with Crippen molar-refractivity contribution in [3.63, 3.8) is 0 Å². The van der Waals surface area contributed by atoms with E-state index in [2.05, 4.69) is 21.9 Å².